The van der Waals surface area contributed by atoms with Crippen LogP contribution in [0.2, 0.25) is 0 Å². The van der Waals surface area contributed by atoms with Crippen LogP contribution in [0, 0.1) is 0 Å². The lowest BCUT2D eigenvalue weighted by molar-refractivity contribution is -0.120. The molecule has 0 radical (unpaired) electrons. The van der Waals surface area contributed by atoms with Crippen LogP contribution in [0.25, 0.3) is 22.4 Å². The third-order valence-electron chi connectivity index (χ3n) is 5.81. The first-order chi connectivity index (χ1) is 16.5. The number of thiophene rings is 1. The van der Waals surface area contributed by atoms with Crippen LogP contribution in [-0.2, 0) is 21.4 Å². The minimum atomic E-state index is -3.75. The Morgan fingerprint density at radius 3 is 2.88 bits per heavy atom. The molecule has 1 aliphatic heterocycles. The first-order valence-electron chi connectivity index (χ1n) is 11.0. The van der Waals surface area contributed by atoms with Crippen molar-refractivity contribution in [3.05, 3.63) is 60.2 Å². The van der Waals surface area contributed by atoms with Crippen LogP contribution < -0.4 is 10.6 Å². The summed E-state index contributed by atoms with van der Waals surface area (Å²) in [6, 6.07) is 11.8. The predicted molar refractivity (Wildman–Crippen MR) is 132 cm³/mol. The van der Waals surface area contributed by atoms with E-state index in [4.69, 9.17) is 4.98 Å². The number of pyridine rings is 1. The number of benzene rings is 1. The van der Waals surface area contributed by atoms with Gasteiger partial charge in [0.15, 0.2) is 0 Å². The Kier molecular flexibility index (Phi) is 6.17. The van der Waals surface area contributed by atoms with Gasteiger partial charge in [-0.2, -0.15) is 4.31 Å². The maximum atomic E-state index is 13.2. The van der Waals surface area contributed by atoms with Crippen LogP contribution in [0.5, 0.6) is 0 Å². The summed E-state index contributed by atoms with van der Waals surface area (Å²) in [7, 11) is -3.75. The molecule has 0 saturated carbocycles. The molecular formula is C23H24N6O3S2. The number of carbonyl (C=O) groups is 1. The normalized spacial score (nSPS) is 17.1. The number of hydrogen-bond acceptors (Lipinski definition) is 7. The third kappa shape index (κ3) is 4.11. The van der Waals surface area contributed by atoms with Crippen molar-refractivity contribution in [1.29, 1.82) is 0 Å². The fourth-order valence-electron chi connectivity index (χ4n) is 4.19. The van der Waals surface area contributed by atoms with E-state index in [0.717, 1.165) is 40.3 Å². The van der Waals surface area contributed by atoms with E-state index in [1.807, 2.05) is 30.3 Å². The van der Waals surface area contributed by atoms with Gasteiger partial charge in [0, 0.05) is 49.8 Å². The van der Waals surface area contributed by atoms with Gasteiger partial charge in [0.25, 0.3) is 10.0 Å². The molecule has 1 amide bonds. The average molecular weight is 497 g/mol. The highest BCUT2D eigenvalue weighted by Gasteiger charge is 2.38. The quantitative estimate of drug-likeness (QED) is 0.425. The van der Waals surface area contributed by atoms with E-state index >= 15 is 0 Å². The van der Waals surface area contributed by atoms with Gasteiger partial charge in [-0.25, -0.2) is 13.4 Å². The summed E-state index contributed by atoms with van der Waals surface area (Å²) in [5, 5.41) is 7.74. The number of hydrogen-bond donors (Lipinski definition) is 2. The number of nitrogens with one attached hydrogen (secondary N) is 2. The van der Waals surface area contributed by atoms with Crippen molar-refractivity contribution < 1.29 is 13.2 Å². The molecule has 34 heavy (non-hydrogen) atoms. The molecule has 1 fully saturated rings. The number of amides is 1. The summed E-state index contributed by atoms with van der Waals surface area (Å²) in [6.07, 6.45) is 3.49. The maximum absolute atomic E-state index is 13.2. The van der Waals surface area contributed by atoms with E-state index in [-0.39, 0.29) is 23.2 Å². The molecule has 1 aliphatic rings. The molecule has 1 atom stereocenters. The van der Waals surface area contributed by atoms with Gasteiger partial charge in [-0.15, -0.1) is 11.3 Å². The van der Waals surface area contributed by atoms with Crippen LogP contribution in [0.1, 0.15) is 6.92 Å². The molecule has 9 nitrogen and oxygen atoms in total. The summed E-state index contributed by atoms with van der Waals surface area (Å²) in [4.78, 5) is 22.2. The molecule has 4 heterocycles. The highest BCUT2D eigenvalue weighted by atomic mass is 32.2. The van der Waals surface area contributed by atoms with Gasteiger partial charge in [-0.1, -0.05) is 6.07 Å². The second-order valence-electron chi connectivity index (χ2n) is 7.88. The zero-order chi connectivity index (χ0) is 23.7. The fraction of sp³-hybridized carbons (Fsp3) is 0.261. The van der Waals surface area contributed by atoms with E-state index in [1.54, 1.807) is 29.9 Å². The second-order valence-corrected chi connectivity index (χ2v) is 10.9. The minimum Gasteiger partial charge on any atom is -0.325 e. The number of anilines is 1. The number of imidazole rings is 1. The molecule has 5 rings (SSSR count). The van der Waals surface area contributed by atoms with Gasteiger partial charge >= 0.3 is 0 Å². The molecule has 1 unspecified atom stereocenters. The Balaban J connectivity index is 1.42. The van der Waals surface area contributed by atoms with E-state index < -0.39 is 16.1 Å². The molecule has 176 valence electrons. The van der Waals surface area contributed by atoms with Crippen LogP contribution in [-0.4, -0.2) is 58.8 Å². The number of nitrogens with zero attached hydrogens (tertiary/aromatic N) is 4. The molecule has 11 heteroatoms. The number of aromatic nitrogens is 3. The topological polar surface area (TPSA) is 109 Å². The molecule has 0 aliphatic carbocycles. The van der Waals surface area contributed by atoms with Crippen molar-refractivity contribution in [2.45, 2.75) is 23.7 Å². The lowest BCUT2D eigenvalue weighted by Gasteiger charge is -2.33. The van der Waals surface area contributed by atoms with Gasteiger partial charge < -0.3 is 15.2 Å². The Morgan fingerprint density at radius 1 is 1.26 bits per heavy atom. The summed E-state index contributed by atoms with van der Waals surface area (Å²) >= 11 is 1.15. The van der Waals surface area contributed by atoms with E-state index in [2.05, 4.69) is 27.1 Å². The lowest BCUT2D eigenvalue weighted by atomic mass is 10.2. The zero-order valence-corrected chi connectivity index (χ0v) is 20.1. The van der Waals surface area contributed by atoms with Gasteiger partial charge in [-0.3, -0.25) is 9.78 Å². The summed E-state index contributed by atoms with van der Waals surface area (Å²) in [5.41, 5.74) is 3.16. The van der Waals surface area contributed by atoms with Crippen molar-refractivity contribution >= 4 is 44.0 Å². The Labute approximate surface area is 201 Å². The van der Waals surface area contributed by atoms with Crippen LogP contribution in [0.3, 0.4) is 0 Å². The monoisotopic (exact) mass is 496 g/mol. The van der Waals surface area contributed by atoms with Crippen LogP contribution in [0.4, 0.5) is 5.69 Å². The predicted octanol–water partition coefficient (Wildman–Crippen LogP) is 2.78. The van der Waals surface area contributed by atoms with Gasteiger partial charge in [0.1, 0.15) is 16.1 Å². The molecule has 1 aromatic carbocycles. The van der Waals surface area contributed by atoms with Crippen molar-refractivity contribution in [2.75, 3.05) is 25.0 Å². The third-order valence-corrected chi connectivity index (χ3v) is 9.09. The van der Waals surface area contributed by atoms with Crippen molar-refractivity contribution in [3.8, 4) is 11.4 Å². The molecule has 0 spiro atoms. The average Bonchev–Trinajstić information content (AvgIpc) is 3.53. The SMILES string of the molecule is CCn1c(-c2cccnc2)nc2cc(NC(=O)C3CNCCN3S(=O)(=O)c3cccs3)ccc21. The number of sulfonamides is 1. The smallest absolute Gasteiger partial charge is 0.253 e. The van der Waals surface area contributed by atoms with Gasteiger partial charge in [0.2, 0.25) is 5.91 Å². The lowest BCUT2D eigenvalue weighted by Crippen LogP contribution is -2.58. The zero-order valence-electron chi connectivity index (χ0n) is 18.5. The van der Waals surface area contributed by atoms with Crippen molar-refractivity contribution in [1.82, 2.24) is 24.2 Å². The summed E-state index contributed by atoms with van der Waals surface area (Å²) in [5.74, 6) is 0.424. The first kappa shape index (κ1) is 22.7. The number of rotatable bonds is 6. The largest absolute Gasteiger partial charge is 0.325 e. The number of aryl methyl sites for hydroxylation is 1. The Morgan fingerprint density at radius 2 is 2.15 bits per heavy atom. The van der Waals surface area contributed by atoms with Crippen LogP contribution >= 0.6 is 11.3 Å². The van der Waals surface area contributed by atoms with Crippen molar-refractivity contribution in [2.24, 2.45) is 0 Å². The summed E-state index contributed by atoms with van der Waals surface area (Å²) < 4.78 is 29.8. The number of fused-ring (bicyclic) bond motifs is 1. The molecule has 1 saturated heterocycles. The number of piperazine rings is 1. The Bertz CT molecular complexity index is 1420. The molecule has 4 aromatic rings. The molecular weight excluding hydrogens is 472 g/mol. The second kappa shape index (κ2) is 9.26. The molecule has 3 aromatic heterocycles. The highest BCUT2D eigenvalue weighted by Crippen LogP contribution is 2.27. The standard InChI is InChI=1S/C23H24N6O3S2/c1-2-28-19-8-7-17(13-18(19)27-22(28)16-5-3-9-24-14-16)26-23(30)20-15-25-10-11-29(20)34(31,32)21-6-4-12-33-21/h3-9,12-14,20,25H,2,10-11,15H2,1H3,(H,26,30). The van der Waals surface area contributed by atoms with Gasteiger partial charge in [-0.05, 0) is 48.7 Å². The summed E-state index contributed by atoms with van der Waals surface area (Å²) in [6.45, 7) is 3.75. The highest BCUT2D eigenvalue weighted by molar-refractivity contribution is 7.91. The first-order valence-corrected chi connectivity index (χ1v) is 13.3. The van der Waals surface area contributed by atoms with E-state index in [1.165, 1.54) is 4.31 Å². The maximum Gasteiger partial charge on any atom is 0.253 e. The Hall–Kier alpha value is -3.12. The fourth-order valence-corrected chi connectivity index (χ4v) is 6.90. The van der Waals surface area contributed by atoms with E-state index in [0.29, 0.717) is 12.2 Å². The van der Waals surface area contributed by atoms with Crippen molar-refractivity contribution in [3.63, 3.8) is 0 Å². The van der Waals surface area contributed by atoms with Gasteiger partial charge in [0.05, 0.1) is 11.0 Å². The van der Waals surface area contributed by atoms with E-state index in [9.17, 15) is 13.2 Å². The molecule has 2 N–H and O–H groups in total. The number of carbonyl (C=O) groups excluding carboxylic acids is 1. The minimum absolute atomic E-state index is 0.229. The molecule has 0 bridgehead atoms. The van der Waals surface area contributed by atoms with Crippen LogP contribution in [0.15, 0.2) is 64.4 Å².